The Morgan fingerprint density at radius 3 is 2.64 bits per heavy atom. The average Bonchev–Trinajstić information content (AvgIpc) is 2.48. The lowest BCUT2D eigenvalue weighted by molar-refractivity contribution is 0.594. The van der Waals surface area contributed by atoms with Gasteiger partial charge in [0.1, 0.15) is 0 Å². The molecular formula is C10H12ClN3. The lowest BCUT2D eigenvalue weighted by Crippen LogP contribution is -2.13. The van der Waals surface area contributed by atoms with E-state index >= 15 is 0 Å². The number of aromatic amines is 1. The van der Waals surface area contributed by atoms with Crippen LogP contribution >= 0.6 is 11.6 Å². The van der Waals surface area contributed by atoms with Crippen molar-refractivity contribution in [2.24, 2.45) is 0 Å². The molecule has 0 radical (unpaired) electrons. The highest BCUT2D eigenvalue weighted by atomic mass is 35.5. The molecule has 0 spiro atoms. The van der Waals surface area contributed by atoms with Crippen molar-refractivity contribution in [3.63, 3.8) is 0 Å². The predicted octanol–water partition coefficient (Wildman–Crippen LogP) is 2.91. The first-order valence-electron chi connectivity index (χ1n) is 4.48. The molecule has 14 heavy (non-hydrogen) atoms. The maximum atomic E-state index is 6.13. The molecule has 0 saturated heterocycles. The number of fused-ring (bicyclic) bond motifs is 1. The summed E-state index contributed by atoms with van der Waals surface area (Å²) in [5.41, 5.74) is 2.72. The second kappa shape index (κ2) is 2.95. The predicted molar refractivity (Wildman–Crippen MR) is 57.6 cm³/mol. The van der Waals surface area contributed by atoms with Crippen LogP contribution in [0.2, 0.25) is 5.02 Å². The van der Waals surface area contributed by atoms with Crippen molar-refractivity contribution in [1.82, 2.24) is 15.0 Å². The zero-order chi connectivity index (χ0) is 10.3. The molecule has 0 fully saturated rings. The molecule has 0 aliphatic heterocycles. The Morgan fingerprint density at radius 1 is 1.29 bits per heavy atom. The number of nitrogens with one attached hydrogen (secondary N) is 1. The van der Waals surface area contributed by atoms with E-state index in [4.69, 9.17) is 11.6 Å². The van der Waals surface area contributed by atoms with Crippen LogP contribution in [0.1, 0.15) is 26.3 Å². The molecule has 4 heteroatoms. The largest absolute Gasteiger partial charge is 0.343 e. The van der Waals surface area contributed by atoms with Gasteiger partial charge in [-0.15, -0.1) is 0 Å². The molecule has 0 saturated carbocycles. The van der Waals surface area contributed by atoms with E-state index in [9.17, 15) is 0 Å². The minimum Gasteiger partial charge on any atom is -0.343 e. The molecule has 0 amide bonds. The lowest BCUT2D eigenvalue weighted by Gasteiger charge is -2.20. The van der Waals surface area contributed by atoms with Crippen LogP contribution in [0.5, 0.6) is 0 Å². The Balaban J connectivity index is 2.83. The summed E-state index contributed by atoms with van der Waals surface area (Å²) in [5.74, 6) is 0. The number of hydrogen-bond donors (Lipinski definition) is 1. The first kappa shape index (κ1) is 9.46. The Morgan fingerprint density at radius 2 is 2.00 bits per heavy atom. The fourth-order valence-electron chi connectivity index (χ4n) is 1.60. The summed E-state index contributed by atoms with van der Waals surface area (Å²) in [6, 6.07) is 0. The number of hydrogen-bond acceptors (Lipinski definition) is 2. The van der Waals surface area contributed by atoms with Crippen molar-refractivity contribution >= 4 is 22.8 Å². The Bertz CT molecular complexity index is 468. The van der Waals surface area contributed by atoms with Gasteiger partial charge in [-0.25, -0.2) is 9.97 Å². The number of rotatable bonds is 0. The van der Waals surface area contributed by atoms with Gasteiger partial charge in [-0.2, -0.15) is 0 Å². The summed E-state index contributed by atoms with van der Waals surface area (Å²) >= 11 is 6.13. The van der Waals surface area contributed by atoms with Crippen molar-refractivity contribution in [2.75, 3.05) is 0 Å². The van der Waals surface area contributed by atoms with Crippen molar-refractivity contribution in [1.29, 1.82) is 0 Å². The quantitative estimate of drug-likeness (QED) is 0.725. The highest BCUT2D eigenvalue weighted by Crippen LogP contribution is 2.33. The monoisotopic (exact) mass is 209 g/mol. The minimum absolute atomic E-state index is 0.00912. The molecule has 1 N–H and O–H groups in total. The van der Waals surface area contributed by atoms with Gasteiger partial charge in [-0.05, 0) is 5.41 Å². The average molecular weight is 210 g/mol. The smallest absolute Gasteiger partial charge is 0.177 e. The van der Waals surface area contributed by atoms with Crippen LogP contribution in [0.3, 0.4) is 0 Å². The molecule has 0 aliphatic carbocycles. The zero-order valence-electron chi connectivity index (χ0n) is 8.43. The molecule has 74 valence electrons. The number of pyridine rings is 1. The molecule has 3 nitrogen and oxygen atoms in total. The van der Waals surface area contributed by atoms with Gasteiger partial charge in [0.15, 0.2) is 5.65 Å². The lowest BCUT2D eigenvalue weighted by atomic mass is 9.87. The molecule has 0 aromatic carbocycles. The second-order valence-electron chi connectivity index (χ2n) is 4.33. The third kappa shape index (κ3) is 1.38. The molecule has 2 rings (SSSR count). The zero-order valence-corrected chi connectivity index (χ0v) is 9.18. The van der Waals surface area contributed by atoms with Gasteiger partial charge in [-0.1, -0.05) is 32.4 Å². The van der Waals surface area contributed by atoms with Crippen LogP contribution < -0.4 is 0 Å². The van der Waals surface area contributed by atoms with Gasteiger partial charge < -0.3 is 4.98 Å². The molecule has 0 atom stereocenters. The Kier molecular flexibility index (Phi) is 2.00. The van der Waals surface area contributed by atoms with E-state index in [0.717, 1.165) is 16.7 Å². The van der Waals surface area contributed by atoms with E-state index in [1.807, 2.05) is 0 Å². The fourth-order valence-corrected chi connectivity index (χ4v) is 2.03. The van der Waals surface area contributed by atoms with Crippen molar-refractivity contribution < 1.29 is 0 Å². The minimum atomic E-state index is -0.00912. The third-order valence-electron chi connectivity index (χ3n) is 2.16. The van der Waals surface area contributed by atoms with E-state index in [1.54, 1.807) is 12.5 Å². The maximum absolute atomic E-state index is 6.13. The standard InChI is InChI=1S/C10H12ClN3/c1-10(2,3)7-6(11)4-12-9-8(7)13-5-14-9/h4-5H,1-3H3,(H,12,13,14). The number of H-pyrrole nitrogens is 1. The Hall–Kier alpha value is -1.09. The van der Waals surface area contributed by atoms with Crippen molar-refractivity contribution in [3.05, 3.63) is 23.1 Å². The molecule has 2 aromatic heterocycles. The second-order valence-corrected chi connectivity index (χ2v) is 4.74. The summed E-state index contributed by atoms with van der Waals surface area (Å²) in [5, 5.41) is 0.689. The van der Waals surface area contributed by atoms with Crippen LogP contribution in [0.4, 0.5) is 0 Å². The molecule has 2 aromatic rings. The summed E-state index contributed by atoms with van der Waals surface area (Å²) in [4.78, 5) is 11.3. The van der Waals surface area contributed by atoms with Gasteiger partial charge in [0.25, 0.3) is 0 Å². The molecule has 0 aliphatic rings. The van der Waals surface area contributed by atoms with Crippen LogP contribution in [0, 0.1) is 0 Å². The highest BCUT2D eigenvalue weighted by Gasteiger charge is 2.21. The molecular weight excluding hydrogens is 198 g/mol. The number of aromatic nitrogens is 3. The van der Waals surface area contributed by atoms with Crippen LogP contribution in [-0.4, -0.2) is 15.0 Å². The van der Waals surface area contributed by atoms with Crippen LogP contribution in [0.25, 0.3) is 11.2 Å². The van der Waals surface area contributed by atoms with Gasteiger partial charge in [0.2, 0.25) is 0 Å². The van der Waals surface area contributed by atoms with E-state index in [-0.39, 0.29) is 5.41 Å². The van der Waals surface area contributed by atoms with Crippen LogP contribution in [-0.2, 0) is 5.41 Å². The van der Waals surface area contributed by atoms with E-state index in [0.29, 0.717) is 5.02 Å². The molecule has 2 heterocycles. The van der Waals surface area contributed by atoms with Gasteiger partial charge in [0.05, 0.1) is 16.9 Å². The van der Waals surface area contributed by atoms with Gasteiger partial charge in [-0.3, -0.25) is 0 Å². The first-order chi connectivity index (χ1) is 6.50. The summed E-state index contributed by atoms with van der Waals surface area (Å²) in [6.45, 7) is 6.36. The number of imidazole rings is 1. The van der Waals surface area contributed by atoms with Gasteiger partial charge in [0, 0.05) is 11.8 Å². The van der Waals surface area contributed by atoms with E-state index < -0.39 is 0 Å². The van der Waals surface area contributed by atoms with Crippen LogP contribution in [0.15, 0.2) is 12.5 Å². The topological polar surface area (TPSA) is 41.6 Å². The molecule has 0 unspecified atom stereocenters. The van der Waals surface area contributed by atoms with Gasteiger partial charge >= 0.3 is 0 Å². The van der Waals surface area contributed by atoms with E-state index in [1.165, 1.54) is 0 Å². The first-order valence-corrected chi connectivity index (χ1v) is 4.86. The Labute approximate surface area is 87.5 Å². The van der Waals surface area contributed by atoms with Crippen molar-refractivity contribution in [3.8, 4) is 0 Å². The number of nitrogens with zero attached hydrogens (tertiary/aromatic N) is 2. The van der Waals surface area contributed by atoms with E-state index in [2.05, 4.69) is 35.7 Å². The summed E-state index contributed by atoms with van der Waals surface area (Å²) in [6.07, 6.45) is 3.30. The maximum Gasteiger partial charge on any atom is 0.177 e. The fraction of sp³-hybridized carbons (Fsp3) is 0.400. The molecule has 0 bridgehead atoms. The highest BCUT2D eigenvalue weighted by molar-refractivity contribution is 6.32. The summed E-state index contributed by atoms with van der Waals surface area (Å²) in [7, 11) is 0. The number of halogens is 1. The summed E-state index contributed by atoms with van der Waals surface area (Å²) < 4.78 is 0. The SMILES string of the molecule is CC(C)(C)c1c(Cl)cnc2nc[nH]c12. The van der Waals surface area contributed by atoms with Crippen molar-refractivity contribution in [2.45, 2.75) is 26.2 Å². The third-order valence-corrected chi connectivity index (χ3v) is 2.44. The normalized spacial score (nSPS) is 12.3.